The SMILES string of the molecule is CCOC(=O)C(O)c1ccc2c(C)nn(C)c2c1. The number of nitrogens with zero attached hydrogens (tertiary/aromatic N) is 2. The van der Waals surface area contributed by atoms with Gasteiger partial charge < -0.3 is 9.84 Å². The van der Waals surface area contributed by atoms with E-state index < -0.39 is 12.1 Å². The lowest BCUT2D eigenvalue weighted by Gasteiger charge is -2.10. The highest BCUT2D eigenvalue weighted by Gasteiger charge is 2.19. The van der Waals surface area contributed by atoms with Gasteiger partial charge in [-0.05, 0) is 25.5 Å². The summed E-state index contributed by atoms with van der Waals surface area (Å²) in [6.45, 7) is 3.88. The van der Waals surface area contributed by atoms with Crippen molar-refractivity contribution in [1.29, 1.82) is 0 Å². The molecule has 0 bridgehead atoms. The van der Waals surface area contributed by atoms with Crippen LogP contribution in [0.1, 0.15) is 24.3 Å². The minimum Gasteiger partial charge on any atom is -0.464 e. The smallest absolute Gasteiger partial charge is 0.339 e. The molecule has 1 heterocycles. The van der Waals surface area contributed by atoms with Crippen molar-refractivity contribution < 1.29 is 14.6 Å². The monoisotopic (exact) mass is 248 g/mol. The Labute approximate surface area is 105 Å². The second-order valence-corrected chi connectivity index (χ2v) is 4.14. The minimum absolute atomic E-state index is 0.253. The highest BCUT2D eigenvalue weighted by atomic mass is 16.5. The largest absolute Gasteiger partial charge is 0.464 e. The van der Waals surface area contributed by atoms with E-state index in [2.05, 4.69) is 5.10 Å². The van der Waals surface area contributed by atoms with Crippen molar-refractivity contribution in [3.8, 4) is 0 Å². The molecule has 0 aliphatic rings. The van der Waals surface area contributed by atoms with Crippen LogP contribution in [0.5, 0.6) is 0 Å². The molecule has 0 saturated heterocycles. The van der Waals surface area contributed by atoms with E-state index in [9.17, 15) is 9.90 Å². The molecule has 5 heteroatoms. The van der Waals surface area contributed by atoms with Gasteiger partial charge in [-0.3, -0.25) is 4.68 Å². The zero-order valence-electron chi connectivity index (χ0n) is 10.7. The van der Waals surface area contributed by atoms with Crippen LogP contribution in [0.15, 0.2) is 18.2 Å². The van der Waals surface area contributed by atoms with Gasteiger partial charge >= 0.3 is 5.97 Å². The predicted octanol–water partition coefficient (Wildman–Crippen LogP) is 1.48. The van der Waals surface area contributed by atoms with Gasteiger partial charge in [0.1, 0.15) is 0 Å². The number of rotatable bonds is 3. The fourth-order valence-electron chi connectivity index (χ4n) is 1.98. The summed E-state index contributed by atoms with van der Waals surface area (Å²) in [7, 11) is 1.83. The van der Waals surface area contributed by atoms with Gasteiger partial charge in [0.05, 0.1) is 17.8 Å². The number of carbonyl (C=O) groups is 1. The van der Waals surface area contributed by atoms with E-state index >= 15 is 0 Å². The summed E-state index contributed by atoms with van der Waals surface area (Å²) < 4.78 is 6.52. The molecule has 1 N–H and O–H groups in total. The zero-order valence-corrected chi connectivity index (χ0v) is 10.7. The third-order valence-corrected chi connectivity index (χ3v) is 2.89. The Morgan fingerprint density at radius 1 is 1.56 bits per heavy atom. The van der Waals surface area contributed by atoms with Gasteiger partial charge in [0, 0.05) is 12.4 Å². The number of aliphatic hydroxyl groups is 1. The summed E-state index contributed by atoms with van der Waals surface area (Å²) in [5.41, 5.74) is 2.32. The Hall–Kier alpha value is -1.88. The van der Waals surface area contributed by atoms with Gasteiger partial charge in [0.15, 0.2) is 6.10 Å². The number of fused-ring (bicyclic) bond motifs is 1. The Bertz CT molecular complexity index is 589. The molecule has 0 aliphatic heterocycles. The molecule has 0 amide bonds. The molecule has 2 aromatic rings. The van der Waals surface area contributed by atoms with Gasteiger partial charge in [-0.1, -0.05) is 12.1 Å². The van der Waals surface area contributed by atoms with Gasteiger partial charge in [-0.25, -0.2) is 4.79 Å². The lowest BCUT2D eigenvalue weighted by Crippen LogP contribution is -2.15. The van der Waals surface area contributed by atoms with Crippen molar-refractivity contribution in [1.82, 2.24) is 9.78 Å². The molecule has 1 atom stereocenters. The molecule has 0 radical (unpaired) electrons. The van der Waals surface area contributed by atoms with Crippen LogP contribution in [0.3, 0.4) is 0 Å². The average molecular weight is 248 g/mol. The lowest BCUT2D eigenvalue weighted by atomic mass is 10.1. The summed E-state index contributed by atoms with van der Waals surface area (Å²) in [4.78, 5) is 11.5. The number of aromatic nitrogens is 2. The average Bonchev–Trinajstić information content (AvgIpc) is 2.64. The number of ether oxygens (including phenoxy) is 1. The third kappa shape index (κ3) is 2.09. The topological polar surface area (TPSA) is 64.3 Å². The normalized spacial score (nSPS) is 12.7. The van der Waals surface area contributed by atoms with Crippen molar-refractivity contribution in [2.45, 2.75) is 20.0 Å². The maximum absolute atomic E-state index is 11.5. The number of esters is 1. The van der Waals surface area contributed by atoms with E-state index in [0.717, 1.165) is 16.6 Å². The minimum atomic E-state index is -1.25. The van der Waals surface area contributed by atoms with Crippen LogP contribution < -0.4 is 0 Å². The number of carbonyl (C=O) groups excluding carboxylic acids is 1. The van der Waals surface area contributed by atoms with Gasteiger partial charge in [0.2, 0.25) is 0 Å². The first-order chi connectivity index (χ1) is 8.54. The maximum atomic E-state index is 11.5. The highest BCUT2D eigenvalue weighted by molar-refractivity contribution is 5.84. The Morgan fingerprint density at radius 3 is 2.94 bits per heavy atom. The van der Waals surface area contributed by atoms with Crippen LogP contribution in [-0.4, -0.2) is 27.5 Å². The summed E-state index contributed by atoms with van der Waals surface area (Å²) in [5.74, 6) is -0.629. The molecule has 18 heavy (non-hydrogen) atoms. The van der Waals surface area contributed by atoms with Crippen LogP contribution in [-0.2, 0) is 16.6 Å². The first-order valence-electron chi connectivity index (χ1n) is 5.82. The van der Waals surface area contributed by atoms with E-state index in [1.807, 2.05) is 20.0 Å². The zero-order chi connectivity index (χ0) is 13.3. The van der Waals surface area contributed by atoms with E-state index in [1.165, 1.54) is 0 Å². The standard InChI is InChI=1S/C13H16N2O3/c1-4-18-13(17)12(16)9-5-6-10-8(2)14-15(3)11(10)7-9/h5-7,12,16H,4H2,1-3H3. The van der Waals surface area contributed by atoms with Crippen molar-refractivity contribution in [3.63, 3.8) is 0 Å². The number of aryl methyl sites for hydroxylation is 2. The first kappa shape index (κ1) is 12.6. The summed E-state index contributed by atoms with van der Waals surface area (Å²) >= 11 is 0. The van der Waals surface area contributed by atoms with Crippen LogP contribution in [0.25, 0.3) is 10.9 Å². The van der Waals surface area contributed by atoms with E-state index in [1.54, 1.807) is 23.7 Å². The number of benzene rings is 1. The molecule has 0 aliphatic carbocycles. The van der Waals surface area contributed by atoms with Gasteiger partial charge in [-0.2, -0.15) is 5.10 Å². The first-order valence-corrected chi connectivity index (χ1v) is 5.82. The summed E-state index contributed by atoms with van der Waals surface area (Å²) in [6.07, 6.45) is -1.25. The Morgan fingerprint density at radius 2 is 2.28 bits per heavy atom. The molecular formula is C13H16N2O3. The number of hydrogen-bond acceptors (Lipinski definition) is 4. The van der Waals surface area contributed by atoms with Crippen LogP contribution in [0.2, 0.25) is 0 Å². The molecule has 1 aromatic carbocycles. The van der Waals surface area contributed by atoms with Crippen molar-refractivity contribution in [2.75, 3.05) is 6.61 Å². The van der Waals surface area contributed by atoms with Crippen molar-refractivity contribution >= 4 is 16.9 Å². The maximum Gasteiger partial charge on any atom is 0.339 e. The summed E-state index contributed by atoms with van der Waals surface area (Å²) in [5, 5.41) is 15.2. The van der Waals surface area contributed by atoms with Crippen LogP contribution in [0, 0.1) is 6.92 Å². The van der Waals surface area contributed by atoms with E-state index in [-0.39, 0.29) is 6.61 Å². The van der Waals surface area contributed by atoms with Gasteiger partial charge in [0.25, 0.3) is 0 Å². The quantitative estimate of drug-likeness (QED) is 0.836. The molecule has 2 rings (SSSR count). The molecule has 1 unspecified atom stereocenters. The number of hydrogen-bond donors (Lipinski definition) is 1. The van der Waals surface area contributed by atoms with Crippen molar-refractivity contribution in [3.05, 3.63) is 29.5 Å². The Balaban J connectivity index is 2.41. The van der Waals surface area contributed by atoms with Gasteiger partial charge in [-0.15, -0.1) is 0 Å². The van der Waals surface area contributed by atoms with Crippen molar-refractivity contribution in [2.24, 2.45) is 7.05 Å². The molecular weight excluding hydrogens is 232 g/mol. The van der Waals surface area contributed by atoms with Crippen LogP contribution in [0.4, 0.5) is 0 Å². The Kier molecular flexibility index (Phi) is 3.34. The molecule has 96 valence electrons. The fraction of sp³-hybridized carbons (Fsp3) is 0.385. The molecule has 0 fully saturated rings. The molecule has 0 spiro atoms. The molecule has 1 aromatic heterocycles. The third-order valence-electron chi connectivity index (χ3n) is 2.89. The second-order valence-electron chi connectivity index (χ2n) is 4.14. The number of aliphatic hydroxyl groups excluding tert-OH is 1. The van der Waals surface area contributed by atoms with Crippen LogP contribution >= 0.6 is 0 Å². The fourth-order valence-corrected chi connectivity index (χ4v) is 1.98. The van der Waals surface area contributed by atoms with E-state index in [0.29, 0.717) is 5.56 Å². The lowest BCUT2D eigenvalue weighted by molar-refractivity contribution is -0.153. The predicted molar refractivity (Wildman–Crippen MR) is 67.0 cm³/mol. The summed E-state index contributed by atoms with van der Waals surface area (Å²) in [6, 6.07) is 5.34. The molecule has 0 saturated carbocycles. The second kappa shape index (κ2) is 4.78. The molecule has 5 nitrogen and oxygen atoms in total. The highest BCUT2D eigenvalue weighted by Crippen LogP contribution is 2.23. The van der Waals surface area contributed by atoms with E-state index in [4.69, 9.17) is 4.74 Å².